The lowest BCUT2D eigenvalue weighted by molar-refractivity contribution is 0.104. The van der Waals surface area contributed by atoms with Gasteiger partial charge < -0.3 is 4.98 Å². The largest absolute Gasteiger partial charge is 0.360 e. The predicted octanol–water partition coefficient (Wildman–Crippen LogP) is 4.48. The number of rotatable bonds is 3. The van der Waals surface area contributed by atoms with Crippen molar-refractivity contribution >= 4 is 34.4 Å². The standard InChI is InChI=1S/C19H10ClN3O/c20-15-5-6-16-17(11-23-18(16)8-15)19(24)14(10-22)7-12-1-3-13(9-21)4-2-12/h1-8,11,23H/b14-7-. The molecule has 114 valence electrons. The van der Waals surface area contributed by atoms with Crippen LogP contribution in [-0.2, 0) is 0 Å². The number of hydrogen-bond donors (Lipinski definition) is 1. The number of aromatic amines is 1. The molecule has 4 nitrogen and oxygen atoms in total. The Hall–Kier alpha value is -3.34. The van der Waals surface area contributed by atoms with Crippen molar-refractivity contribution in [2.24, 2.45) is 0 Å². The fourth-order valence-electron chi connectivity index (χ4n) is 2.40. The Morgan fingerprint density at radius 1 is 1.12 bits per heavy atom. The highest BCUT2D eigenvalue weighted by Gasteiger charge is 2.16. The first kappa shape index (κ1) is 15.6. The van der Waals surface area contributed by atoms with Gasteiger partial charge >= 0.3 is 0 Å². The van der Waals surface area contributed by atoms with E-state index in [0.717, 1.165) is 5.52 Å². The lowest BCUT2D eigenvalue weighted by atomic mass is 10.0. The van der Waals surface area contributed by atoms with Gasteiger partial charge in [0.15, 0.2) is 0 Å². The highest BCUT2D eigenvalue weighted by atomic mass is 35.5. The first-order valence-corrected chi connectivity index (χ1v) is 7.43. The van der Waals surface area contributed by atoms with E-state index in [4.69, 9.17) is 16.9 Å². The van der Waals surface area contributed by atoms with E-state index in [1.165, 1.54) is 6.08 Å². The van der Waals surface area contributed by atoms with Crippen LogP contribution in [0.25, 0.3) is 17.0 Å². The van der Waals surface area contributed by atoms with Gasteiger partial charge in [-0.25, -0.2) is 0 Å². The number of hydrogen-bond acceptors (Lipinski definition) is 3. The van der Waals surface area contributed by atoms with Crippen LogP contribution in [0.1, 0.15) is 21.5 Å². The zero-order valence-electron chi connectivity index (χ0n) is 12.4. The molecule has 1 N–H and O–H groups in total. The van der Waals surface area contributed by atoms with Crippen LogP contribution in [0.3, 0.4) is 0 Å². The Morgan fingerprint density at radius 2 is 1.88 bits per heavy atom. The van der Waals surface area contributed by atoms with Gasteiger partial charge in [-0.05, 0) is 35.9 Å². The summed E-state index contributed by atoms with van der Waals surface area (Å²) in [5.74, 6) is -0.365. The maximum absolute atomic E-state index is 12.7. The molecule has 0 unspecified atom stereocenters. The molecule has 0 fully saturated rings. The van der Waals surface area contributed by atoms with Crippen LogP contribution in [0.2, 0.25) is 5.02 Å². The van der Waals surface area contributed by atoms with Gasteiger partial charge in [0.25, 0.3) is 0 Å². The Labute approximate surface area is 143 Å². The number of carbonyl (C=O) groups is 1. The molecule has 0 aliphatic heterocycles. The van der Waals surface area contributed by atoms with Crippen molar-refractivity contribution in [1.29, 1.82) is 10.5 Å². The van der Waals surface area contributed by atoms with Gasteiger partial charge in [0.1, 0.15) is 11.6 Å². The number of Topliss-reactive ketones (excluding diaryl/α,β-unsaturated/α-hetero) is 1. The summed E-state index contributed by atoms with van der Waals surface area (Å²) in [6.07, 6.45) is 3.09. The number of H-pyrrole nitrogens is 1. The number of nitrogens with zero attached hydrogens (tertiary/aromatic N) is 2. The van der Waals surface area contributed by atoms with Gasteiger partial charge in [-0.1, -0.05) is 29.8 Å². The summed E-state index contributed by atoms with van der Waals surface area (Å²) in [5.41, 5.74) is 2.38. The third-order valence-corrected chi connectivity index (χ3v) is 3.84. The average Bonchev–Trinajstić information content (AvgIpc) is 3.02. The first-order chi connectivity index (χ1) is 11.6. The quantitative estimate of drug-likeness (QED) is 0.436. The number of benzene rings is 2. The molecule has 0 saturated heterocycles. The lowest BCUT2D eigenvalue weighted by Gasteiger charge is -1.99. The van der Waals surface area contributed by atoms with E-state index < -0.39 is 0 Å². The van der Waals surface area contributed by atoms with E-state index in [-0.39, 0.29) is 11.4 Å². The van der Waals surface area contributed by atoms with Crippen LogP contribution in [0.5, 0.6) is 0 Å². The molecule has 1 heterocycles. The highest BCUT2D eigenvalue weighted by molar-refractivity contribution is 6.31. The minimum atomic E-state index is -0.365. The van der Waals surface area contributed by atoms with Gasteiger partial charge in [0.05, 0.1) is 11.6 Å². The number of halogens is 1. The maximum atomic E-state index is 12.7. The Bertz CT molecular complexity index is 1050. The predicted molar refractivity (Wildman–Crippen MR) is 92.4 cm³/mol. The normalized spacial score (nSPS) is 11.0. The third-order valence-electron chi connectivity index (χ3n) is 3.60. The molecule has 5 heteroatoms. The second-order valence-corrected chi connectivity index (χ2v) is 5.56. The fraction of sp³-hybridized carbons (Fsp3) is 0. The van der Waals surface area contributed by atoms with E-state index in [9.17, 15) is 10.1 Å². The second-order valence-electron chi connectivity index (χ2n) is 5.13. The number of aromatic nitrogens is 1. The minimum Gasteiger partial charge on any atom is -0.360 e. The van der Waals surface area contributed by atoms with Crippen molar-refractivity contribution in [3.8, 4) is 12.1 Å². The number of ketones is 1. The Balaban J connectivity index is 2.00. The highest BCUT2D eigenvalue weighted by Crippen LogP contribution is 2.24. The number of fused-ring (bicyclic) bond motifs is 1. The van der Waals surface area contributed by atoms with Gasteiger partial charge in [0, 0.05) is 27.7 Å². The molecule has 3 rings (SSSR count). The summed E-state index contributed by atoms with van der Waals surface area (Å²) in [4.78, 5) is 15.7. The van der Waals surface area contributed by atoms with Crippen molar-refractivity contribution in [2.45, 2.75) is 0 Å². The Kier molecular flexibility index (Phi) is 4.16. The summed E-state index contributed by atoms with van der Waals surface area (Å²) in [5, 5.41) is 19.4. The molecular weight excluding hydrogens is 322 g/mol. The van der Waals surface area contributed by atoms with Crippen molar-refractivity contribution in [2.75, 3.05) is 0 Å². The molecule has 0 bridgehead atoms. The molecule has 0 radical (unpaired) electrons. The molecular formula is C19H10ClN3O. The number of allylic oxidation sites excluding steroid dienone is 1. The van der Waals surface area contributed by atoms with Gasteiger partial charge in [-0.3, -0.25) is 4.79 Å². The summed E-state index contributed by atoms with van der Waals surface area (Å²) < 4.78 is 0. The molecule has 0 aliphatic carbocycles. The third kappa shape index (κ3) is 2.92. The zero-order chi connectivity index (χ0) is 17.1. The van der Waals surface area contributed by atoms with Gasteiger partial charge in [0.2, 0.25) is 5.78 Å². The topological polar surface area (TPSA) is 80.4 Å². The van der Waals surface area contributed by atoms with Crippen LogP contribution < -0.4 is 0 Å². The lowest BCUT2D eigenvalue weighted by Crippen LogP contribution is -2.01. The summed E-state index contributed by atoms with van der Waals surface area (Å²) in [6, 6.07) is 15.8. The second kappa shape index (κ2) is 6.42. The van der Waals surface area contributed by atoms with Crippen molar-refractivity contribution < 1.29 is 4.79 Å². The molecule has 1 aromatic heterocycles. The molecule has 3 aromatic rings. The molecule has 0 aliphatic rings. The SMILES string of the molecule is N#C/C(=C/c1ccc(C#N)cc1)C(=O)c1c[nH]c2cc(Cl)ccc12. The molecule has 0 atom stereocenters. The Morgan fingerprint density at radius 3 is 2.54 bits per heavy atom. The molecule has 0 spiro atoms. The zero-order valence-corrected chi connectivity index (χ0v) is 13.1. The average molecular weight is 332 g/mol. The van der Waals surface area contributed by atoms with Crippen molar-refractivity contribution in [3.63, 3.8) is 0 Å². The van der Waals surface area contributed by atoms with E-state index in [1.807, 2.05) is 12.1 Å². The smallest absolute Gasteiger partial charge is 0.205 e. The molecule has 2 aromatic carbocycles. The van der Waals surface area contributed by atoms with Crippen molar-refractivity contribution in [1.82, 2.24) is 4.98 Å². The number of carbonyl (C=O) groups excluding carboxylic acids is 1. The number of nitriles is 2. The summed E-state index contributed by atoms with van der Waals surface area (Å²) >= 11 is 5.94. The van der Waals surface area contributed by atoms with Crippen LogP contribution in [0.4, 0.5) is 0 Å². The van der Waals surface area contributed by atoms with Crippen molar-refractivity contribution in [3.05, 3.63) is 75.9 Å². The van der Waals surface area contributed by atoms with Crippen LogP contribution >= 0.6 is 11.6 Å². The maximum Gasteiger partial charge on any atom is 0.205 e. The van der Waals surface area contributed by atoms with E-state index in [0.29, 0.717) is 27.1 Å². The monoisotopic (exact) mass is 331 g/mol. The van der Waals surface area contributed by atoms with Gasteiger partial charge in [-0.15, -0.1) is 0 Å². The van der Waals surface area contributed by atoms with E-state index >= 15 is 0 Å². The van der Waals surface area contributed by atoms with E-state index in [1.54, 1.807) is 48.7 Å². The molecule has 0 amide bonds. The van der Waals surface area contributed by atoms with Crippen LogP contribution in [0, 0.1) is 22.7 Å². The van der Waals surface area contributed by atoms with E-state index in [2.05, 4.69) is 4.98 Å². The fourth-order valence-corrected chi connectivity index (χ4v) is 2.57. The summed E-state index contributed by atoms with van der Waals surface area (Å²) in [6.45, 7) is 0. The first-order valence-electron chi connectivity index (χ1n) is 7.05. The number of nitrogens with one attached hydrogen (secondary N) is 1. The molecule has 24 heavy (non-hydrogen) atoms. The van der Waals surface area contributed by atoms with Crippen LogP contribution in [-0.4, -0.2) is 10.8 Å². The molecule has 0 saturated carbocycles. The minimum absolute atomic E-state index is 0.0237. The van der Waals surface area contributed by atoms with Gasteiger partial charge in [-0.2, -0.15) is 10.5 Å². The van der Waals surface area contributed by atoms with Crippen LogP contribution in [0.15, 0.2) is 54.2 Å². The summed E-state index contributed by atoms with van der Waals surface area (Å²) in [7, 11) is 0.